The van der Waals surface area contributed by atoms with Crippen LogP contribution in [0.4, 0.5) is 26.3 Å². The maximum absolute atomic E-state index is 14.1. The molecule has 5 aromatic carbocycles. The Morgan fingerprint density at radius 1 is 0.706 bits per heavy atom. The third-order valence-electron chi connectivity index (χ3n) is 8.03. The van der Waals surface area contributed by atoms with Crippen molar-refractivity contribution in [3.8, 4) is 28.0 Å². The van der Waals surface area contributed by atoms with Crippen LogP contribution in [-0.2, 0) is 25.4 Å². The van der Waals surface area contributed by atoms with Crippen LogP contribution in [0, 0.1) is 6.92 Å². The van der Waals surface area contributed by atoms with Crippen LogP contribution in [0.1, 0.15) is 50.4 Å². The quantitative estimate of drug-likeness (QED) is 0.144. The molecule has 1 N–H and O–H groups in total. The molecule has 1 atom stereocenters. The van der Waals surface area contributed by atoms with Gasteiger partial charge in [0.05, 0.1) is 16.7 Å². The van der Waals surface area contributed by atoms with Crippen LogP contribution in [0.5, 0.6) is 5.75 Å². The third-order valence-corrected chi connectivity index (χ3v) is 8.03. The maximum atomic E-state index is 14.1. The fraction of sp³-hybridized carbons (Fsp3) is 0.154. The molecule has 6 rings (SSSR count). The van der Waals surface area contributed by atoms with E-state index in [2.05, 4.69) is 15.5 Å². The van der Waals surface area contributed by atoms with Crippen LogP contribution in [0.2, 0.25) is 0 Å². The number of aromatic nitrogens is 2. The average Bonchev–Trinajstić information content (AvgIpc) is 3.56. The molecule has 0 spiro atoms. The lowest BCUT2D eigenvalue weighted by molar-refractivity contribution is -0.143. The Labute approximate surface area is 288 Å². The molecule has 0 aliphatic heterocycles. The monoisotopic (exact) mass is 701 g/mol. The van der Waals surface area contributed by atoms with Crippen LogP contribution in [0.25, 0.3) is 22.3 Å². The number of ether oxygens (including phenoxy) is 1. The van der Waals surface area contributed by atoms with Gasteiger partial charge in [0.1, 0.15) is 18.4 Å². The first-order valence-electron chi connectivity index (χ1n) is 15.7. The highest BCUT2D eigenvalue weighted by molar-refractivity contribution is 5.98. The lowest BCUT2D eigenvalue weighted by Gasteiger charge is -2.19. The Hall–Kier alpha value is -5.91. The van der Waals surface area contributed by atoms with Crippen molar-refractivity contribution in [2.75, 3.05) is 0 Å². The number of halogens is 6. The summed E-state index contributed by atoms with van der Waals surface area (Å²) in [6.07, 6.45) is -9.89. The Bertz CT molecular complexity index is 2080. The molecular formula is C39H29F6N3O3. The molecule has 0 saturated carbocycles. The average molecular weight is 702 g/mol. The van der Waals surface area contributed by atoms with Crippen molar-refractivity contribution in [2.45, 2.75) is 38.3 Å². The van der Waals surface area contributed by atoms with Crippen LogP contribution in [-0.4, -0.2) is 16.0 Å². The molecule has 0 radical (unpaired) electrons. The van der Waals surface area contributed by atoms with Crippen molar-refractivity contribution in [3.05, 3.63) is 161 Å². The molecule has 0 aliphatic carbocycles. The summed E-state index contributed by atoms with van der Waals surface area (Å²) in [4.78, 5) is 18.4. The summed E-state index contributed by atoms with van der Waals surface area (Å²) >= 11 is 0. The van der Waals surface area contributed by atoms with Gasteiger partial charge in [0, 0.05) is 6.42 Å². The molecule has 0 fully saturated rings. The van der Waals surface area contributed by atoms with Crippen molar-refractivity contribution in [1.29, 1.82) is 0 Å². The van der Waals surface area contributed by atoms with E-state index in [1.165, 1.54) is 18.2 Å². The second kappa shape index (κ2) is 14.5. The number of nitrogens with zero attached hydrogens (tertiary/aromatic N) is 2. The topological polar surface area (TPSA) is 77.2 Å². The van der Waals surface area contributed by atoms with Gasteiger partial charge >= 0.3 is 12.4 Å². The Balaban J connectivity index is 1.36. The van der Waals surface area contributed by atoms with E-state index < -0.39 is 35.4 Å². The van der Waals surface area contributed by atoms with Gasteiger partial charge in [-0.1, -0.05) is 96.2 Å². The predicted molar refractivity (Wildman–Crippen MR) is 177 cm³/mol. The van der Waals surface area contributed by atoms with E-state index in [9.17, 15) is 31.1 Å². The first kappa shape index (κ1) is 34.9. The zero-order valence-corrected chi connectivity index (χ0v) is 26.9. The van der Waals surface area contributed by atoms with Crippen molar-refractivity contribution in [1.82, 2.24) is 15.5 Å². The molecule has 51 heavy (non-hydrogen) atoms. The summed E-state index contributed by atoms with van der Waals surface area (Å²) in [5.41, 5.74) is 0.0403. The summed E-state index contributed by atoms with van der Waals surface area (Å²) in [7, 11) is 0. The highest BCUT2D eigenvalue weighted by atomic mass is 19.4. The fourth-order valence-electron chi connectivity index (χ4n) is 5.46. The van der Waals surface area contributed by atoms with Gasteiger partial charge in [0.2, 0.25) is 5.89 Å². The van der Waals surface area contributed by atoms with Gasteiger partial charge in [-0.15, -0.1) is 0 Å². The van der Waals surface area contributed by atoms with Gasteiger partial charge in [-0.2, -0.15) is 31.3 Å². The van der Waals surface area contributed by atoms with Gasteiger partial charge in [-0.3, -0.25) is 4.79 Å². The largest absolute Gasteiger partial charge is 0.488 e. The molecule has 6 nitrogen and oxygen atoms in total. The third kappa shape index (κ3) is 8.64. The van der Waals surface area contributed by atoms with E-state index >= 15 is 0 Å². The smallest absolute Gasteiger partial charge is 0.416 e. The number of nitrogens with one attached hydrogen (secondary N) is 1. The standard InChI is InChI=1S/C39H29F6N3O3/c1-24-46-37(51-48-24)34(18-25-12-14-28(15-13-25)27-10-6-3-7-11-27)47-36(49)33-21-29(16-17-35(33)50-23-26-8-4-2-5-9-26)30-19-31(38(40,41)42)22-32(20-30)39(43,44)45/h2-17,19-22,34H,18,23H2,1H3,(H,47,49)/t34-/m1/s1. The molecule has 1 aromatic heterocycles. The molecule has 0 saturated heterocycles. The number of hydrogen-bond acceptors (Lipinski definition) is 5. The second-order valence-electron chi connectivity index (χ2n) is 11.8. The van der Waals surface area contributed by atoms with E-state index in [-0.39, 0.29) is 47.4 Å². The highest BCUT2D eigenvalue weighted by Gasteiger charge is 2.37. The van der Waals surface area contributed by atoms with E-state index in [4.69, 9.17) is 9.26 Å². The minimum atomic E-state index is -5.05. The minimum Gasteiger partial charge on any atom is -0.488 e. The number of amides is 1. The van der Waals surface area contributed by atoms with Crippen LogP contribution < -0.4 is 10.1 Å². The number of carbonyl (C=O) groups excluding carboxylic acids is 1. The summed E-state index contributed by atoms with van der Waals surface area (Å²) in [5.74, 6) is -0.258. The number of aryl methyl sites for hydroxylation is 1. The number of benzene rings is 5. The van der Waals surface area contributed by atoms with E-state index in [1.807, 2.05) is 60.7 Å². The summed E-state index contributed by atoms with van der Waals surface area (Å²) in [6, 6.07) is 30.7. The van der Waals surface area contributed by atoms with Gasteiger partial charge in [-0.25, -0.2) is 0 Å². The number of carbonyl (C=O) groups is 1. The zero-order chi connectivity index (χ0) is 36.2. The minimum absolute atomic E-state index is 0.0301. The number of alkyl halides is 6. The molecule has 0 bridgehead atoms. The lowest BCUT2D eigenvalue weighted by atomic mass is 9.97. The first-order valence-corrected chi connectivity index (χ1v) is 15.7. The number of rotatable bonds is 10. The van der Waals surface area contributed by atoms with Gasteiger partial charge in [0.25, 0.3) is 5.91 Å². The Kier molecular flexibility index (Phi) is 9.95. The molecule has 0 aliphatic rings. The maximum Gasteiger partial charge on any atom is 0.416 e. The molecule has 6 aromatic rings. The van der Waals surface area contributed by atoms with E-state index in [1.54, 1.807) is 31.2 Å². The predicted octanol–water partition coefficient (Wildman–Crippen LogP) is 10.0. The summed E-state index contributed by atoms with van der Waals surface area (Å²) < 4.78 is 93.7. The molecule has 1 heterocycles. The second-order valence-corrected chi connectivity index (χ2v) is 11.8. The van der Waals surface area contributed by atoms with Gasteiger partial charge in [-0.05, 0) is 70.6 Å². The molecule has 0 unspecified atom stereocenters. The Morgan fingerprint density at radius 3 is 1.88 bits per heavy atom. The van der Waals surface area contributed by atoms with Gasteiger partial charge in [0.15, 0.2) is 5.82 Å². The molecule has 1 amide bonds. The normalized spacial score (nSPS) is 12.4. The zero-order valence-electron chi connectivity index (χ0n) is 26.9. The Morgan fingerprint density at radius 2 is 1.29 bits per heavy atom. The van der Waals surface area contributed by atoms with E-state index in [0.717, 1.165) is 22.3 Å². The van der Waals surface area contributed by atoms with Crippen molar-refractivity contribution >= 4 is 5.91 Å². The molecular weight excluding hydrogens is 672 g/mol. The van der Waals surface area contributed by atoms with Crippen LogP contribution in [0.15, 0.2) is 126 Å². The van der Waals surface area contributed by atoms with Crippen molar-refractivity contribution in [2.24, 2.45) is 0 Å². The van der Waals surface area contributed by atoms with Gasteiger partial charge < -0.3 is 14.6 Å². The molecule has 12 heteroatoms. The SMILES string of the molecule is Cc1noc([C@@H](Cc2ccc(-c3ccccc3)cc2)NC(=O)c2cc(-c3cc(C(F)(F)F)cc(C(F)(F)F)c3)ccc2OCc2ccccc2)n1. The molecule has 260 valence electrons. The van der Waals surface area contributed by atoms with E-state index in [0.29, 0.717) is 18.0 Å². The summed E-state index contributed by atoms with van der Waals surface area (Å²) in [5, 5.41) is 6.73. The summed E-state index contributed by atoms with van der Waals surface area (Å²) in [6.45, 7) is 1.64. The highest BCUT2D eigenvalue weighted by Crippen LogP contribution is 2.39. The lowest BCUT2D eigenvalue weighted by Crippen LogP contribution is -2.30. The first-order chi connectivity index (χ1) is 24.3. The van der Waals surface area contributed by atoms with Crippen LogP contribution >= 0.6 is 0 Å². The van der Waals surface area contributed by atoms with Crippen molar-refractivity contribution in [3.63, 3.8) is 0 Å². The van der Waals surface area contributed by atoms with Crippen molar-refractivity contribution < 1.29 is 40.4 Å². The number of hydrogen-bond donors (Lipinski definition) is 1. The van der Waals surface area contributed by atoms with Crippen LogP contribution in [0.3, 0.4) is 0 Å². The fourth-order valence-corrected chi connectivity index (χ4v) is 5.46.